The Bertz CT molecular complexity index is 858. The zero-order chi connectivity index (χ0) is 20.2. The molecule has 0 saturated carbocycles. The van der Waals surface area contributed by atoms with Gasteiger partial charge in [-0.15, -0.1) is 0 Å². The van der Waals surface area contributed by atoms with E-state index in [1.54, 1.807) is 0 Å². The molecule has 0 bridgehead atoms. The summed E-state index contributed by atoms with van der Waals surface area (Å²) in [4.78, 5) is 17.0. The smallest absolute Gasteiger partial charge is 0.223 e. The molecule has 29 heavy (non-hydrogen) atoms. The predicted octanol–water partition coefficient (Wildman–Crippen LogP) is 3.30. The maximum absolute atomic E-state index is 12.8. The van der Waals surface area contributed by atoms with Crippen LogP contribution in [0, 0.1) is 0 Å². The normalized spacial score (nSPS) is 16.8. The molecule has 0 aliphatic carbocycles. The Kier molecular flexibility index (Phi) is 6.40. The van der Waals surface area contributed by atoms with Crippen LogP contribution in [0.15, 0.2) is 24.3 Å². The van der Waals surface area contributed by atoms with E-state index in [0.29, 0.717) is 19.4 Å². The van der Waals surface area contributed by atoms with Gasteiger partial charge in [-0.1, -0.05) is 30.7 Å². The Labute approximate surface area is 177 Å². The van der Waals surface area contributed by atoms with Crippen molar-refractivity contribution in [3.8, 4) is 0 Å². The van der Waals surface area contributed by atoms with Gasteiger partial charge in [-0.3, -0.25) is 9.48 Å². The summed E-state index contributed by atoms with van der Waals surface area (Å²) in [6, 6.07) is 7.89. The summed E-state index contributed by atoms with van der Waals surface area (Å²) in [5.41, 5.74) is 4.60. The van der Waals surface area contributed by atoms with E-state index in [1.165, 1.54) is 11.3 Å². The minimum absolute atomic E-state index is 0.208. The van der Waals surface area contributed by atoms with Gasteiger partial charge < -0.3 is 14.5 Å². The zero-order valence-electron chi connectivity index (χ0n) is 17.1. The van der Waals surface area contributed by atoms with Gasteiger partial charge in [-0.25, -0.2) is 0 Å². The highest BCUT2D eigenvalue weighted by Gasteiger charge is 2.24. The molecule has 156 valence electrons. The molecule has 0 radical (unpaired) electrons. The Morgan fingerprint density at radius 2 is 2.00 bits per heavy atom. The molecule has 0 unspecified atom stereocenters. The van der Waals surface area contributed by atoms with Crippen LogP contribution in [-0.2, 0) is 35.5 Å². The van der Waals surface area contributed by atoms with Crippen molar-refractivity contribution in [2.45, 2.75) is 45.8 Å². The number of anilines is 1. The highest BCUT2D eigenvalue weighted by atomic mass is 35.5. The second kappa shape index (κ2) is 9.18. The number of carbonyl (C=O) groups is 1. The number of halogens is 1. The molecule has 1 aromatic carbocycles. The molecular formula is C22H29ClN4O2. The zero-order valence-corrected chi connectivity index (χ0v) is 17.8. The minimum atomic E-state index is 0.208. The van der Waals surface area contributed by atoms with E-state index < -0.39 is 0 Å². The van der Waals surface area contributed by atoms with Crippen LogP contribution in [0.5, 0.6) is 0 Å². The fraction of sp³-hybridized carbons (Fsp3) is 0.545. The van der Waals surface area contributed by atoms with Crippen molar-refractivity contribution >= 4 is 23.2 Å². The summed E-state index contributed by atoms with van der Waals surface area (Å²) in [7, 11) is 0. The first-order valence-electron chi connectivity index (χ1n) is 10.6. The molecule has 1 amide bonds. The van der Waals surface area contributed by atoms with Crippen molar-refractivity contribution in [2.24, 2.45) is 0 Å². The van der Waals surface area contributed by atoms with E-state index >= 15 is 0 Å². The number of nitrogens with zero attached hydrogens (tertiary/aromatic N) is 4. The van der Waals surface area contributed by atoms with Gasteiger partial charge in [-0.2, -0.15) is 5.10 Å². The quantitative estimate of drug-likeness (QED) is 0.725. The Morgan fingerprint density at radius 1 is 1.21 bits per heavy atom. The van der Waals surface area contributed by atoms with E-state index in [4.69, 9.17) is 21.4 Å². The number of piperazine rings is 1. The Hall–Kier alpha value is -2.05. The molecule has 2 aliphatic heterocycles. The van der Waals surface area contributed by atoms with Crippen LogP contribution in [0.25, 0.3) is 0 Å². The first-order valence-corrected chi connectivity index (χ1v) is 11.0. The van der Waals surface area contributed by atoms with Gasteiger partial charge in [0.1, 0.15) is 0 Å². The number of amides is 1. The number of benzene rings is 1. The molecule has 1 fully saturated rings. The summed E-state index contributed by atoms with van der Waals surface area (Å²) in [6.07, 6.45) is 3.16. The summed E-state index contributed by atoms with van der Waals surface area (Å²) in [5, 5.41) is 5.57. The number of hydrogen-bond acceptors (Lipinski definition) is 4. The number of ether oxygens (including phenoxy) is 1. The lowest BCUT2D eigenvalue weighted by Gasteiger charge is -2.36. The third-order valence-corrected chi connectivity index (χ3v) is 6.14. The largest absolute Gasteiger partial charge is 0.376 e. The van der Waals surface area contributed by atoms with Crippen LogP contribution in [0.2, 0.25) is 5.02 Å². The number of aromatic nitrogens is 2. The van der Waals surface area contributed by atoms with E-state index in [9.17, 15) is 4.79 Å². The van der Waals surface area contributed by atoms with E-state index in [2.05, 4.69) is 16.5 Å². The van der Waals surface area contributed by atoms with Crippen LogP contribution >= 0.6 is 11.6 Å². The third kappa shape index (κ3) is 4.43. The lowest BCUT2D eigenvalue weighted by Crippen LogP contribution is -2.49. The van der Waals surface area contributed by atoms with Crippen LogP contribution in [0.3, 0.4) is 0 Å². The Morgan fingerprint density at radius 3 is 2.76 bits per heavy atom. The van der Waals surface area contributed by atoms with Crippen molar-refractivity contribution in [1.82, 2.24) is 14.7 Å². The van der Waals surface area contributed by atoms with E-state index in [0.717, 1.165) is 68.6 Å². The molecule has 0 spiro atoms. The highest BCUT2D eigenvalue weighted by molar-refractivity contribution is 6.33. The third-order valence-electron chi connectivity index (χ3n) is 5.82. The van der Waals surface area contributed by atoms with Gasteiger partial charge in [0.15, 0.2) is 0 Å². The predicted molar refractivity (Wildman–Crippen MR) is 114 cm³/mol. The van der Waals surface area contributed by atoms with Crippen LogP contribution < -0.4 is 4.90 Å². The molecule has 0 atom stereocenters. The molecule has 3 heterocycles. The summed E-state index contributed by atoms with van der Waals surface area (Å²) < 4.78 is 7.77. The maximum atomic E-state index is 12.8. The molecule has 7 heteroatoms. The second-order valence-electron chi connectivity index (χ2n) is 7.72. The molecule has 2 aliphatic rings. The van der Waals surface area contributed by atoms with Crippen molar-refractivity contribution < 1.29 is 9.53 Å². The SMILES string of the molecule is CCCn1nc(CCC(=O)N2CCN(c3ccccc3Cl)CC2)c2c1CCOC2. The number of rotatable bonds is 6. The first kappa shape index (κ1) is 20.2. The summed E-state index contributed by atoms with van der Waals surface area (Å²) in [6.45, 7) is 7.56. The maximum Gasteiger partial charge on any atom is 0.223 e. The topological polar surface area (TPSA) is 50.6 Å². The van der Waals surface area contributed by atoms with Gasteiger partial charge in [0.05, 0.1) is 29.6 Å². The summed E-state index contributed by atoms with van der Waals surface area (Å²) >= 11 is 6.32. The summed E-state index contributed by atoms with van der Waals surface area (Å²) in [5.74, 6) is 0.208. The van der Waals surface area contributed by atoms with E-state index in [-0.39, 0.29) is 5.91 Å². The van der Waals surface area contributed by atoms with Gasteiger partial charge in [-0.05, 0) is 18.6 Å². The van der Waals surface area contributed by atoms with E-state index in [1.807, 2.05) is 29.2 Å². The standard InChI is InChI=1S/C22H29ClN4O2/c1-2-10-27-20-9-15-29-16-17(20)19(24-27)7-8-22(28)26-13-11-25(12-14-26)21-6-4-3-5-18(21)23/h3-6H,2,7-16H2,1H3. The second-order valence-corrected chi connectivity index (χ2v) is 8.12. The van der Waals surface area contributed by atoms with Crippen molar-refractivity contribution in [1.29, 1.82) is 0 Å². The van der Waals surface area contributed by atoms with Crippen LogP contribution in [-0.4, -0.2) is 53.4 Å². The molecule has 0 N–H and O–H groups in total. The average molecular weight is 417 g/mol. The molecule has 1 saturated heterocycles. The lowest BCUT2D eigenvalue weighted by molar-refractivity contribution is -0.131. The molecule has 4 rings (SSSR count). The Balaban J connectivity index is 1.34. The van der Waals surface area contributed by atoms with Crippen molar-refractivity contribution in [3.63, 3.8) is 0 Å². The molecule has 2 aromatic rings. The van der Waals surface area contributed by atoms with Crippen LogP contribution in [0.1, 0.15) is 36.7 Å². The van der Waals surface area contributed by atoms with Gasteiger partial charge in [0.2, 0.25) is 5.91 Å². The number of fused-ring (bicyclic) bond motifs is 1. The van der Waals surface area contributed by atoms with Crippen molar-refractivity contribution in [3.05, 3.63) is 46.2 Å². The average Bonchev–Trinajstić information content (AvgIpc) is 3.11. The van der Waals surface area contributed by atoms with Gasteiger partial charge in [0.25, 0.3) is 0 Å². The molecule has 6 nitrogen and oxygen atoms in total. The van der Waals surface area contributed by atoms with Crippen LogP contribution in [0.4, 0.5) is 5.69 Å². The minimum Gasteiger partial charge on any atom is -0.376 e. The number of aryl methyl sites for hydroxylation is 2. The number of hydrogen-bond donors (Lipinski definition) is 0. The number of para-hydroxylation sites is 1. The van der Waals surface area contributed by atoms with Gasteiger partial charge >= 0.3 is 0 Å². The molecular weight excluding hydrogens is 388 g/mol. The number of carbonyl (C=O) groups excluding carboxylic acids is 1. The monoisotopic (exact) mass is 416 g/mol. The fourth-order valence-corrected chi connectivity index (χ4v) is 4.52. The van der Waals surface area contributed by atoms with Crippen molar-refractivity contribution in [2.75, 3.05) is 37.7 Å². The van der Waals surface area contributed by atoms with Gasteiger partial charge in [0, 0.05) is 63.2 Å². The highest BCUT2D eigenvalue weighted by Crippen LogP contribution is 2.26. The molecule has 1 aromatic heterocycles. The fourth-order valence-electron chi connectivity index (χ4n) is 4.26. The first-order chi connectivity index (χ1) is 14.2. The lowest BCUT2D eigenvalue weighted by atomic mass is 10.1.